The zero-order valence-corrected chi connectivity index (χ0v) is 6.31. The van der Waals surface area contributed by atoms with Gasteiger partial charge in [-0.15, -0.1) is 6.42 Å². The summed E-state index contributed by atoms with van der Waals surface area (Å²) < 4.78 is 0. The molecule has 9 heavy (non-hydrogen) atoms. The Morgan fingerprint density at radius 1 is 1.56 bits per heavy atom. The lowest BCUT2D eigenvalue weighted by molar-refractivity contribution is 0.170. The second-order valence-corrected chi connectivity index (χ2v) is 3.45. The maximum atomic E-state index is 8.96. The van der Waals surface area contributed by atoms with Gasteiger partial charge in [0.25, 0.3) is 0 Å². The lowest BCUT2D eigenvalue weighted by Gasteiger charge is -2.18. The topological polar surface area (TPSA) is 20.2 Å². The van der Waals surface area contributed by atoms with Crippen LogP contribution in [0, 0.1) is 17.8 Å². The smallest absolute Gasteiger partial charge is 0.115 e. The zero-order chi connectivity index (χ0) is 7.49. The first-order valence-corrected chi connectivity index (χ1v) is 3.10. The van der Waals surface area contributed by atoms with E-state index in [2.05, 4.69) is 5.92 Å². The van der Waals surface area contributed by atoms with E-state index in [1.165, 1.54) is 0 Å². The summed E-state index contributed by atoms with van der Waals surface area (Å²) in [7, 11) is 0. The number of terminal acetylenes is 1. The summed E-state index contributed by atoms with van der Waals surface area (Å²) in [6, 6.07) is 0. The summed E-state index contributed by atoms with van der Waals surface area (Å²) in [5.41, 5.74) is 0.131. The molecular formula is C8H14O. The van der Waals surface area contributed by atoms with Gasteiger partial charge in [-0.05, 0) is 11.8 Å². The Morgan fingerprint density at radius 3 is 2.11 bits per heavy atom. The van der Waals surface area contributed by atoms with Gasteiger partial charge in [0.15, 0.2) is 0 Å². The molecule has 1 N–H and O–H groups in total. The Hall–Kier alpha value is -0.480. The van der Waals surface area contributed by atoms with Crippen molar-refractivity contribution >= 4 is 0 Å². The molecule has 1 heteroatoms. The number of aliphatic hydroxyl groups excluding tert-OH is 1. The van der Waals surface area contributed by atoms with Crippen LogP contribution in [0.2, 0.25) is 0 Å². The van der Waals surface area contributed by atoms with Crippen molar-refractivity contribution in [3.05, 3.63) is 0 Å². The molecule has 0 saturated heterocycles. The summed E-state index contributed by atoms with van der Waals surface area (Å²) in [5, 5.41) is 8.96. The standard InChI is InChI=1S/C8H14O/c1-5-7(9)6-8(2,3)4/h1,7,9H,6H2,2-4H3/t7-/m0/s1. The maximum Gasteiger partial charge on any atom is 0.115 e. The van der Waals surface area contributed by atoms with Gasteiger partial charge in [-0.25, -0.2) is 0 Å². The van der Waals surface area contributed by atoms with E-state index in [0.717, 1.165) is 0 Å². The highest BCUT2D eigenvalue weighted by Crippen LogP contribution is 2.19. The van der Waals surface area contributed by atoms with E-state index in [9.17, 15) is 0 Å². The Labute approximate surface area is 57.1 Å². The average Bonchev–Trinajstić information content (AvgIpc) is 1.62. The predicted octanol–water partition coefficient (Wildman–Crippen LogP) is 1.42. The summed E-state index contributed by atoms with van der Waals surface area (Å²) in [4.78, 5) is 0. The molecule has 1 nitrogen and oxygen atoms in total. The maximum absolute atomic E-state index is 8.96. The van der Waals surface area contributed by atoms with Crippen molar-refractivity contribution in [2.24, 2.45) is 5.41 Å². The molecule has 0 heterocycles. The Kier molecular flexibility index (Phi) is 2.73. The average molecular weight is 126 g/mol. The first-order chi connectivity index (χ1) is 3.95. The second-order valence-electron chi connectivity index (χ2n) is 3.45. The second kappa shape index (κ2) is 2.89. The van der Waals surface area contributed by atoms with Crippen molar-refractivity contribution in [2.45, 2.75) is 33.3 Å². The fourth-order valence-electron chi connectivity index (χ4n) is 0.639. The largest absolute Gasteiger partial charge is 0.380 e. The van der Waals surface area contributed by atoms with Crippen LogP contribution in [-0.4, -0.2) is 11.2 Å². The van der Waals surface area contributed by atoms with Crippen LogP contribution in [0.5, 0.6) is 0 Å². The number of hydrogen-bond acceptors (Lipinski definition) is 1. The fourth-order valence-corrected chi connectivity index (χ4v) is 0.639. The Balaban J connectivity index is 3.63. The van der Waals surface area contributed by atoms with E-state index in [4.69, 9.17) is 11.5 Å². The molecule has 0 aliphatic carbocycles. The third kappa shape index (κ3) is 5.39. The van der Waals surface area contributed by atoms with Crippen molar-refractivity contribution in [3.8, 4) is 12.3 Å². The zero-order valence-electron chi connectivity index (χ0n) is 6.31. The minimum atomic E-state index is -0.579. The van der Waals surface area contributed by atoms with Crippen molar-refractivity contribution in [3.63, 3.8) is 0 Å². The molecule has 0 aromatic carbocycles. The third-order valence-corrected chi connectivity index (χ3v) is 0.998. The van der Waals surface area contributed by atoms with Gasteiger partial charge in [-0.1, -0.05) is 26.7 Å². The molecule has 0 aromatic rings. The van der Waals surface area contributed by atoms with Gasteiger partial charge in [-0.2, -0.15) is 0 Å². The molecule has 0 bridgehead atoms. The molecule has 0 aliphatic heterocycles. The molecule has 0 aromatic heterocycles. The van der Waals surface area contributed by atoms with E-state index in [0.29, 0.717) is 6.42 Å². The van der Waals surface area contributed by atoms with Gasteiger partial charge in [0.05, 0.1) is 0 Å². The van der Waals surface area contributed by atoms with Crippen LogP contribution in [0.3, 0.4) is 0 Å². The summed E-state index contributed by atoms with van der Waals surface area (Å²) in [6.07, 6.45) is 5.07. The van der Waals surface area contributed by atoms with Crippen molar-refractivity contribution in [1.29, 1.82) is 0 Å². The third-order valence-electron chi connectivity index (χ3n) is 0.998. The predicted molar refractivity (Wildman–Crippen MR) is 38.9 cm³/mol. The van der Waals surface area contributed by atoms with E-state index < -0.39 is 6.10 Å². The van der Waals surface area contributed by atoms with Crippen LogP contribution in [0.25, 0.3) is 0 Å². The highest BCUT2D eigenvalue weighted by atomic mass is 16.3. The quantitative estimate of drug-likeness (QED) is 0.527. The van der Waals surface area contributed by atoms with Gasteiger partial charge < -0.3 is 5.11 Å². The van der Waals surface area contributed by atoms with Gasteiger partial charge in [0, 0.05) is 0 Å². The molecule has 0 rings (SSSR count). The minimum Gasteiger partial charge on any atom is -0.380 e. The van der Waals surface area contributed by atoms with Crippen molar-refractivity contribution < 1.29 is 5.11 Å². The molecular weight excluding hydrogens is 112 g/mol. The molecule has 0 amide bonds. The van der Waals surface area contributed by atoms with E-state index in [1.54, 1.807) is 0 Å². The van der Waals surface area contributed by atoms with Crippen LogP contribution in [-0.2, 0) is 0 Å². The number of rotatable bonds is 1. The first kappa shape index (κ1) is 8.52. The normalized spacial score (nSPS) is 14.6. The van der Waals surface area contributed by atoms with E-state index in [1.807, 2.05) is 20.8 Å². The monoisotopic (exact) mass is 126 g/mol. The molecule has 0 aliphatic rings. The van der Waals surface area contributed by atoms with Crippen molar-refractivity contribution in [1.82, 2.24) is 0 Å². The van der Waals surface area contributed by atoms with Crippen LogP contribution < -0.4 is 0 Å². The SMILES string of the molecule is C#C[C@H](O)CC(C)(C)C. The lowest BCUT2D eigenvalue weighted by atomic mass is 9.89. The summed E-state index contributed by atoms with van der Waals surface area (Å²) >= 11 is 0. The first-order valence-electron chi connectivity index (χ1n) is 3.10. The summed E-state index contributed by atoms with van der Waals surface area (Å²) in [5.74, 6) is 2.28. The Bertz CT molecular complexity index is 114. The van der Waals surface area contributed by atoms with Gasteiger partial charge in [0.2, 0.25) is 0 Å². The molecule has 0 saturated carbocycles. The van der Waals surface area contributed by atoms with Gasteiger partial charge in [0.1, 0.15) is 6.10 Å². The van der Waals surface area contributed by atoms with Crippen LogP contribution >= 0.6 is 0 Å². The van der Waals surface area contributed by atoms with Gasteiger partial charge >= 0.3 is 0 Å². The van der Waals surface area contributed by atoms with Crippen LogP contribution in [0.4, 0.5) is 0 Å². The molecule has 0 fully saturated rings. The molecule has 0 radical (unpaired) electrons. The number of hydrogen-bond donors (Lipinski definition) is 1. The fraction of sp³-hybridized carbons (Fsp3) is 0.750. The minimum absolute atomic E-state index is 0.131. The molecule has 52 valence electrons. The van der Waals surface area contributed by atoms with E-state index >= 15 is 0 Å². The number of aliphatic hydroxyl groups is 1. The summed E-state index contributed by atoms with van der Waals surface area (Å²) in [6.45, 7) is 6.15. The van der Waals surface area contributed by atoms with Crippen LogP contribution in [0.1, 0.15) is 27.2 Å². The Morgan fingerprint density at radius 2 is 2.00 bits per heavy atom. The molecule has 0 spiro atoms. The highest BCUT2D eigenvalue weighted by Gasteiger charge is 2.13. The molecule has 1 atom stereocenters. The molecule has 0 unspecified atom stereocenters. The van der Waals surface area contributed by atoms with Gasteiger partial charge in [-0.3, -0.25) is 0 Å². The highest BCUT2D eigenvalue weighted by molar-refractivity contribution is 4.94. The van der Waals surface area contributed by atoms with Crippen LogP contribution in [0.15, 0.2) is 0 Å². The lowest BCUT2D eigenvalue weighted by Crippen LogP contribution is -2.15. The van der Waals surface area contributed by atoms with Crippen molar-refractivity contribution in [2.75, 3.05) is 0 Å². The van der Waals surface area contributed by atoms with E-state index in [-0.39, 0.29) is 5.41 Å².